The molecule has 1 fully saturated rings. The van der Waals surface area contributed by atoms with Gasteiger partial charge in [-0.2, -0.15) is 0 Å². The van der Waals surface area contributed by atoms with Gasteiger partial charge in [0.15, 0.2) is 0 Å². The summed E-state index contributed by atoms with van der Waals surface area (Å²) in [5.41, 5.74) is 3.80. The Morgan fingerprint density at radius 1 is 1.19 bits per heavy atom. The van der Waals surface area contributed by atoms with Crippen molar-refractivity contribution in [1.29, 1.82) is 0 Å². The van der Waals surface area contributed by atoms with Crippen LogP contribution in [-0.4, -0.2) is 39.4 Å². The van der Waals surface area contributed by atoms with Crippen molar-refractivity contribution in [2.24, 2.45) is 7.05 Å². The number of hydrogen-bond donors (Lipinski definition) is 0. The number of methoxy groups -OCH3 is 1. The van der Waals surface area contributed by atoms with Crippen LogP contribution in [0.5, 0.6) is 0 Å². The molecule has 0 radical (unpaired) electrons. The molecule has 0 unspecified atom stereocenters. The molecule has 3 aromatic heterocycles. The van der Waals surface area contributed by atoms with E-state index in [0.29, 0.717) is 36.5 Å². The number of aryl methyl sites for hydroxylation is 1. The second kappa shape index (κ2) is 7.86. The van der Waals surface area contributed by atoms with Crippen LogP contribution < -0.4 is 5.69 Å². The molecule has 0 N–H and O–H groups in total. The fourth-order valence-electron chi connectivity index (χ4n) is 4.37. The molecule has 4 heterocycles. The molecule has 0 aliphatic carbocycles. The molecule has 31 heavy (non-hydrogen) atoms. The Morgan fingerprint density at radius 2 is 2.00 bits per heavy atom. The van der Waals surface area contributed by atoms with E-state index >= 15 is 4.39 Å². The minimum Gasteiger partial charge on any atom is -0.381 e. The van der Waals surface area contributed by atoms with Gasteiger partial charge in [-0.1, -0.05) is 6.07 Å². The highest BCUT2D eigenvalue weighted by atomic mass is 19.1. The molecule has 1 saturated heterocycles. The van der Waals surface area contributed by atoms with Crippen molar-refractivity contribution < 1.29 is 13.9 Å². The first-order valence-corrected chi connectivity index (χ1v) is 10.3. The van der Waals surface area contributed by atoms with Crippen molar-refractivity contribution in [3.63, 3.8) is 0 Å². The number of halogens is 1. The summed E-state index contributed by atoms with van der Waals surface area (Å²) in [5, 5.41) is 0.749. The smallest absolute Gasteiger partial charge is 0.329 e. The number of rotatable bonds is 4. The van der Waals surface area contributed by atoms with Crippen molar-refractivity contribution in [1.82, 2.24) is 19.1 Å². The van der Waals surface area contributed by atoms with Crippen LogP contribution in [0.3, 0.4) is 0 Å². The van der Waals surface area contributed by atoms with Gasteiger partial charge in [-0.05, 0) is 25.0 Å². The van der Waals surface area contributed by atoms with E-state index in [4.69, 9.17) is 9.47 Å². The minimum atomic E-state index is -0.378. The van der Waals surface area contributed by atoms with Crippen LogP contribution in [0.25, 0.3) is 33.1 Å². The number of benzene rings is 1. The summed E-state index contributed by atoms with van der Waals surface area (Å²) in [5.74, 6) is -0.378. The van der Waals surface area contributed by atoms with E-state index in [1.807, 2.05) is 16.7 Å². The first-order chi connectivity index (χ1) is 15.1. The van der Waals surface area contributed by atoms with Gasteiger partial charge in [-0.15, -0.1) is 0 Å². The highest BCUT2D eigenvalue weighted by molar-refractivity contribution is 6.04. The topological polar surface area (TPSA) is 71.2 Å². The summed E-state index contributed by atoms with van der Waals surface area (Å²) in [7, 11) is 3.35. The average molecular weight is 422 g/mol. The van der Waals surface area contributed by atoms with Crippen molar-refractivity contribution in [3.8, 4) is 11.1 Å². The lowest BCUT2D eigenvalue weighted by atomic mass is 10.0. The molecular formula is C23H23FN4O3. The van der Waals surface area contributed by atoms with E-state index in [9.17, 15) is 4.79 Å². The standard InChI is InChI=1S/C23H23FN4O3/c1-27-21-12-26-20-10-19(24)17(14-3-4-15(13-30-2)25-11-14)9-18(20)22(21)28(23(27)29)16-5-7-31-8-6-16/h3-4,9-12,16H,5-8,13H2,1-2H3. The van der Waals surface area contributed by atoms with Crippen molar-refractivity contribution >= 4 is 21.9 Å². The lowest BCUT2D eigenvalue weighted by molar-refractivity contribution is 0.0697. The normalized spacial score (nSPS) is 15.2. The van der Waals surface area contributed by atoms with Gasteiger partial charge < -0.3 is 9.47 Å². The van der Waals surface area contributed by atoms with Gasteiger partial charge in [0.2, 0.25) is 0 Å². The summed E-state index contributed by atoms with van der Waals surface area (Å²) in [6, 6.07) is 6.90. The molecule has 4 aromatic rings. The summed E-state index contributed by atoms with van der Waals surface area (Å²) < 4.78 is 29.0. The minimum absolute atomic E-state index is 0.0408. The predicted molar refractivity (Wildman–Crippen MR) is 115 cm³/mol. The number of pyridine rings is 2. The van der Waals surface area contributed by atoms with Crippen LogP contribution in [0.1, 0.15) is 24.6 Å². The van der Waals surface area contributed by atoms with Gasteiger partial charge in [0.1, 0.15) is 5.82 Å². The second-order valence-electron chi connectivity index (χ2n) is 7.87. The van der Waals surface area contributed by atoms with Crippen molar-refractivity contribution in [3.05, 3.63) is 58.7 Å². The molecule has 8 heteroatoms. The van der Waals surface area contributed by atoms with E-state index in [-0.39, 0.29) is 17.5 Å². The van der Waals surface area contributed by atoms with Gasteiger partial charge in [-0.3, -0.25) is 19.1 Å². The molecule has 0 bridgehead atoms. The predicted octanol–water partition coefficient (Wildman–Crippen LogP) is 3.59. The summed E-state index contributed by atoms with van der Waals surface area (Å²) >= 11 is 0. The average Bonchev–Trinajstić information content (AvgIpc) is 3.05. The van der Waals surface area contributed by atoms with E-state index in [2.05, 4.69) is 9.97 Å². The zero-order valence-corrected chi connectivity index (χ0v) is 17.5. The molecule has 0 spiro atoms. The van der Waals surface area contributed by atoms with Gasteiger partial charge >= 0.3 is 5.69 Å². The third kappa shape index (κ3) is 3.32. The molecule has 1 aliphatic heterocycles. The number of nitrogens with zero attached hydrogens (tertiary/aromatic N) is 4. The largest absolute Gasteiger partial charge is 0.381 e. The maximum absolute atomic E-state index is 15.0. The molecule has 1 aliphatic rings. The van der Waals surface area contributed by atoms with Crippen molar-refractivity contribution in [2.45, 2.75) is 25.5 Å². The van der Waals surface area contributed by atoms with Gasteiger partial charge in [0.05, 0.1) is 35.0 Å². The van der Waals surface area contributed by atoms with Gasteiger partial charge in [-0.25, -0.2) is 9.18 Å². The third-order valence-electron chi connectivity index (χ3n) is 5.99. The number of hydrogen-bond acceptors (Lipinski definition) is 5. The van der Waals surface area contributed by atoms with E-state index in [1.54, 1.807) is 37.2 Å². The highest BCUT2D eigenvalue weighted by Gasteiger charge is 2.24. The van der Waals surface area contributed by atoms with Crippen LogP contribution in [-0.2, 0) is 23.1 Å². The maximum Gasteiger partial charge on any atom is 0.329 e. The first kappa shape index (κ1) is 19.8. The molecule has 7 nitrogen and oxygen atoms in total. The maximum atomic E-state index is 15.0. The van der Waals surface area contributed by atoms with Crippen LogP contribution in [0.15, 0.2) is 41.5 Å². The SMILES string of the molecule is COCc1ccc(-c2cc3c(cc2F)ncc2c3n(C3CCOCC3)c(=O)n2C)cn1. The Morgan fingerprint density at radius 3 is 2.71 bits per heavy atom. The number of ether oxygens (including phenoxy) is 2. The molecule has 0 saturated carbocycles. The zero-order chi connectivity index (χ0) is 21.5. The van der Waals surface area contributed by atoms with Gasteiger partial charge in [0, 0.05) is 62.2 Å². The zero-order valence-electron chi connectivity index (χ0n) is 17.5. The molecule has 0 amide bonds. The number of fused-ring (bicyclic) bond motifs is 3. The first-order valence-electron chi connectivity index (χ1n) is 10.3. The molecule has 5 rings (SSSR count). The quantitative estimate of drug-likeness (QED) is 0.503. The van der Waals surface area contributed by atoms with Gasteiger partial charge in [0.25, 0.3) is 0 Å². The lowest BCUT2D eigenvalue weighted by Crippen LogP contribution is -2.29. The monoisotopic (exact) mass is 422 g/mol. The third-order valence-corrected chi connectivity index (χ3v) is 5.99. The van der Waals surface area contributed by atoms with Crippen molar-refractivity contribution in [2.75, 3.05) is 20.3 Å². The number of aromatic nitrogens is 4. The Balaban J connectivity index is 1.75. The lowest BCUT2D eigenvalue weighted by Gasteiger charge is -2.23. The van der Waals surface area contributed by atoms with E-state index in [0.717, 1.165) is 35.0 Å². The molecular weight excluding hydrogens is 399 g/mol. The fraction of sp³-hybridized carbons (Fsp3) is 0.348. The molecule has 0 atom stereocenters. The highest BCUT2D eigenvalue weighted by Crippen LogP contribution is 2.33. The van der Waals surface area contributed by atoms with E-state index in [1.165, 1.54) is 6.07 Å². The molecule has 160 valence electrons. The van der Waals surface area contributed by atoms with Crippen LogP contribution in [0.2, 0.25) is 0 Å². The summed E-state index contributed by atoms with van der Waals surface area (Å²) in [6.07, 6.45) is 4.82. The molecule has 1 aromatic carbocycles. The number of imidazole rings is 1. The summed E-state index contributed by atoms with van der Waals surface area (Å²) in [4.78, 5) is 21.9. The summed E-state index contributed by atoms with van der Waals surface area (Å²) in [6.45, 7) is 1.64. The Bertz CT molecular complexity index is 1320. The Labute approximate surface area is 178 Å². The van der Waals surface area contributed by atoms with Crippen LogP contribution >= 0.6 is 0 Å². The van der Waals surface area contributed by atoms with Crippen LogP contribution in [0.4, 0.5) is 4.39 Å². The van der Waals surface area contributed by atoms with Crippen LogP contribution in [0, 0.1) is 5.82 Å². The second-order valence-corrected chi connectivity index (χ2v) is 7.87. The Kier molecular flexibility index (Phi) is 5.03. The van der Waals surface area contributed by atoms with E-state index < -0.39 is 0 Å². The fourth-order valence-corrected chi connectivity index (χ4v) is 4.37. The Hall–Kier alpha value is -3.10.